The first kappa shape index (κ1) is 16.3. The highest BCUT2D eigenvalue weighted by atomic mass is 16.5. The molecular formula is C18H25NO4. The molecule has 2 saturated heterocycles. The fraction of sp³-hybridized carbons (Fsp3) is 0.611. The summed E-state index contributed by atoms with van der Waals surface area (Å²) in [5, 5.41) is 10.3. The molecule has 126 valence electrons. The van der Waals surface area contributed by atoms with Gasteiger partial charge >= 0.3 is 0 Å². The lowest BCUT2D eigenvalue weighted by molar-refractivity contribution is -0.179. The van der Waals surface area contributed by atoms with E-state index in [0.29, 0.717) is 19.5 Å². The smallest absolute Gasteiger partial charge is 0.226 e. The molecule has 1 N–H and O–H groups in total. The van der Waals surface area contributed by atoms with Gasteiger partial charge in [0.2, 0.25) is 5.91 Å². The monoisotopic (exact) mass is 319 g/mol. The molecule has 2 aliphatic rings. The van der Waals surface area contributed by atoms with Gasteiger partial charge in [-0.15, -0.1) is 0 Å². The molecule has 1 aromatic rings. The van der Waals surface area contributed by atoms with Gasteiger partial charge in [0.25, 0.3) is 0 Å². The van der Waals surface area contributed by atoms with E-state index in [4.69, 9.17) is 9.47 Å². The van der Waals surface area contributed by atoms with Gasteiger partial charge in [0, 0.05) is 19.7 Å². The standard InChI is InChI=1S/C18H25NO4/c1-22-15-6-4-14(5-7-15)13-17(21)19-10-8-18(9-11-19)16(20)3-2-12-23-18/h4-7,16,20H,2-3,8-13H2,1H3/t16-/m0/s1. The maximum atomic E-state index is 12.5. The summed E-state index contributed by atoms with van der Waals surface area (Å²) in [6, 6.07) is 7.60. The van der Waals surface area contributed by atoms with Gasteiger partial charge < -0.3 is 19.5 Å². The molecule has 1 aromatic carbocycles. The molecule has 0 aliphatic carbocycles. The van der Waals surface area contributed by atoms with E-state index in [1.54, 1.807) is 7.11 Å². The number of benzene rings is 1. The van der Waals surface area contributed by atoms with E-state index in [1.165, 1.54) is 0 Å². The quantitative estimate of drug-likeness (QED) is 0.922. The molecule has 2 aliphatic heterocycles. The maximum Gasteiger partial charge on any atom is 0.226 e. The molecule has 2 heterocycles. The van der Waals surface area contributed by atoms with E-state index >= 15 is 0 Å². The zero-order chi connectivity index (χ0) is 16.3. The maximum absolute atomic E-state index is 12.5. The predicted octanol–water partition coefficient (Wildman–Crippen LogP) is 1.77. The summed E-state index contributed by atoms with van der Waals surface area (Å²) in [6.45, 7) is 2.04. The SMILES string of the molecule is COc1ccc(CC(=O)N2CCC3(CC2)OCCC[C@@H]3O)cc1. The first-order valence-corrected chi connectivity index (χ1v) is 8.36. The van der Waals surface area contributed by atoms with Gasteiger partial charge in [-0.2, -0.15) is 0 Å². The molecule has 0 bridgehead atoms. The lowest BCUT2D eigenvalue weighted by Crippen LogP contribution is -2.56. The van der Waals surface area contributed by atoms with Crippen molar-refractivity contribution in [2.75, 3.05) is 26.8 Å². The molecule has 23 heavy (non-hydrogen) atoms. The van der Waals surface area contributed by atoms with E-state index in [1.807, 2.05) is 29.2 Å². The molecule has 0 aromatic heterocycles. The van der Waals surface area contributed by atoms with Crippen LogP contribution in [-0.4, -0.2) is 54.4 Å². The Kier molecular flexibility index (Phi) is 4.87. The topological polar surface area (TPSA) is 59.0 Å². The van der Waals surface area contributed by atoms with Crippen LogP contribution in [0, 0.1) is 0 Å². The van der Waals surface area contributed by atoms with Crippen molar-refractivity contribution in [2.45, 2.75) is 43.8 Å². The van der Waals surface area contributed by atoms with Gasteiger partial charge in [0.1, 0.15) is 5.75 Å². The number of carbonyl (C=O) groups excluding carboxylic acids is 1. The number of rotatable bonds is 3. The number of amides is 1. The Morgan fingerprint density at radius 1 is 1.35 bits per heavy atom. The molecule has 3 rings (SSSR count). The van der Waals surface area contributed by atoms with E-state index in [-0.39, 0.29) is 5.91 Å². The first-order chi connectivity index (χ1) is 11.1. The average molecular weight is 319 g/mol. The zero-order valence-corrected chi connectivity index (χ0v) is 13.7. The Hall–Kier alpha value is -1.59. The molecule has 1 spiro atoms. The highest BCUT2D eigenvalue weighted by Gasteiger charge is 2.44. The second kappa shape index (κ2) is 6.89. The number of piperidine rings is 1. The molecular weight excluding hydrogens is 294 g/mol. The fourth-order valence-electron chi connectivity index (χ4n) is 3.55. The Bertz CT molecular complexity index is 534. The molecule has 5 heteroatoms. The van der Waals surface area contributed by atoms with E-state index in [9.17, 15) is 9.90 Å². The van der Waals surface area contributed by atoms with Crippen molar-refractivity contribution in [1.29, 1.82) is 0 Å². The van der Waals surface area contributed by atoms with Crippen molar-refractivity contribution in [3.05, 3.63) is 29.8 Å². The molecule has 1 amide bonds. The third kappa shape index (κ3) is 3.51. The summed E-state index contributed by atoms with van der Waals surface area (Å²) in [5.41, 5.74) is 0.569. The summed E-state index contributed by atoms with van der Waals surface area (Å²) < 4.78 is 11.0. The van der Waals surface area contributed by atoms with Crippen LogP contribution >= 0.6 is 0 Å². The van der Waals surface area contributed by atoms with Crippen LogP contribution in [0.1, 0.15) is 31.2 Å². The number of hydrogen-bond acceptors (Lipinski definition) is 4. The minimum absolute atomic E-state index is 0.135. The third-order valence-corrected chi connectivity index (χ3v) is 5.10. The van der Waals surface area contributed by atoms with Crippen molar-refractivity contribution in [3.63, 3.8) is 0 Å². The van der Waals surface area contributed by atoms with Crippen LogP contribution in [0.5, 0.6) is 5.75 Å². The summed E-state index contributed by atoms with van der Waals surface area (Å²) >= 11 is 0. The van der Waals surface area contributed by atoms with Gasteiger partial charge in [-0.3, -0.25) is 4.79 Å². The molecule has 5 nitrogen and oxygen atoms in total. The average Bonchev–Trinajstić information content (AvgIpc) is 2.59. The first-order valence-electron chi connectivity index (χ1n) is 8.36. The minimum atomic E-state index is -0.421. The Morgan fingerprint density at radius 2 is 2.04 bits per heavy atom. The Balaban J connectivity index is 1.55. The number of carbonyl (C=O) groups is 1. The van der Waals surface area contributed by atoms with Crippen molar-refractivity contribution in [1.82, 2.24) is 4.90 Å². The van der Waals surface area contributed by atoms with Crippen molar-refractivity contribution in [2.24, 2.45) is 0 Å². The van der Waals surface area contributed by atoms with Gasteiger partial charge in [-0.25, -0.2) is 0 Å². The Morgan fingerprint density at radius 3 is 2.65 bits per heavy atom. The second-order valence-electron chi connectivity index (χ2n) is 6.48. The van der Waals surface area contributed by atoms with Gasteiger partial charge in [0.15, 0.2) is 0 Å². The fourth-order valence-corrected chi connectivity index (χ4v) is 3.55. The van der Waals surface area contributed by atoms with Crippen molar-refractivity contribution < 1.29 is 19.4 Å². The van der Waals surface area contributed by atoms with Crippen LogP contribution in [0.3, 0.4) is 0 Å². The van der Waals surface area contributed by atoms with Crippen LogP contribution in [0.2, 0.25) is 0 Å². The summed E-state index contributed by atoms with van der Waals surface area (Å²) in [4.78, 5) is 14.4. The van der Waals surface area contributed by atoms with E-state index < -0.39 is 11.7 Å². The number of methoxy groups -OCH3 is 1. The van der Waals surface area contributed by atoms with Crippen molar-refractivity contribution in [3.8, 4) is 5.75 Å². The highest BCUT2D eigenvalue weighted by molar-refractivity contribution is 5.79. The van der Waals surface area contributed by atoms with Crippen LogP contribution in [-0.2, 0) is 16.0 Å². The van der Waals surface area contributed by atoms with Gasteiger partial charge in [-0.05, 0) is 43.4 Å². The summed E-state index contributed by atoms with van der Waals surface area (Å²) in [6.07, 6.45) is 3.18. The predicted molar refractivity (Wildman–Crippen MR) is 86.4 cm³/mol. The molecule has 1 atom stereocenters. The number of nitrogens with zero attached hydrogens (tertiary/aromatic N) is 1. The second-order valence-corrected chi connectivity index (χ2v) is 6.48. The number of likely N-dealkylation sites (tertiary alicyclic amines) is 1. The van der Waals surface area contributed by atoms with Gasteiger partial charge in [0.05, 0.1) is 25.2 Å². The highest BCUT2D eigenvalue weighted by Crippen LogP contribution is 2.35. The third-order valence-electron chi connectivity index (χ3n) is 5.10. The number of aliphatic hydroxyl groups excluding tert-OH is 1. The Labute approximate surface area is 137 Å². The van der Waals surface area contributed by atoms with Crippen LogP contribution in [0.15, 0.2) is 24.3 Å². The summed E-state index contributed by atoms with van der Waals surface area (Å²) in [7, 11) is 1.63. The van der Waals surface area contributed by atoms with Crippen LogP contribution < -0.4 is 4.74 Å². The summed E-state index contributed by atoms with van der Waals surface area (Å²) in [5.74, 6) is 0.930. The van der Waals surface area contributed by atoms with E-state index in [2.05, 4.69) is 0 Å². The molecule has 0 saturated carbocycles. The zero-order valence-electron chi connectivity index (χ0n) is 13.7. The van der Waals surface area contributed by atoms with Crippen molar-refractivity contribution >= 4 is 5.91 Å². The number of aliphatic hydroxyl groups is 1. The lowest BCUT2D eigenvalue weighted by Gasteiger charge is -2.46. The largest absolute Gasteiger partial charge is 0.497 e. The molecule has 0 unspecified atom stereocenters. The number of ether oxygens (including phenoxy) is 2. The van der Waals surface area contributed by atoms with Crippen LogP contribution in [0.4, 0.5) is 0 Å². The molecule has 2 fully saturated rings. The number of hydrogen-bond donors (Lipinski definition) is 1. The molecule has 0 radical (unpaired) electrons. The minimum Gasteiger partial charge on any atom is -0.497 e. The van der Waals surface area contributed by atoms with Crippen LogP contribution in [0.25, 0.3) is 0 Å². The van der Waals surface area contributed by atoms with E-state index in [0.717, 1.165) is 43.6 Å². The van der Waals surface area contributed by atoms with Gasteiger partial charge in [-0.1, -0.05) is 12.1 Å². The lowest BCUT2D eigenvalue weighted by atomic mass is 9.82. The normalized spacial score (nSPS) is 23.7.